The lowest BCUT2D eigenvalue weighted by molar-refractivity contribution is 0.202. The Balaban J connectivity index is 1.52. The van der Waals surface area contributed by atoms with Crippen molar-refractivity contribution in [2.75, 3.05) is 4.90 Å². The summed E-state index contributed by atoms with van der Waals surface area (Å²) < 4.78 is 18.0. The SMILES string of the molecule is Cn1cc2c(Cl)c(-c3[nH]nc4nc(N5[C@@H]6CC[C@H]5[C@H](F)[C@@H](N)C6)n(C)c(=O)c34)ccc2n1. The number of fused-ring (bicyclic) bond motifs is 4. The molecule has 2 aliphatic heterocycles. The molecule has 166 valence electrons. The zero-order valence-corrected chi connectivity index (χ0v) is 18.3. The first-order chi connectivity index (χ1) is 15.3. The van der Waals surface area contributed by atoms with E-state index in [1.807, 2.05) is 30.3 Å². The molecule has 3 aromatic heterocycles. The average Bonchev–Trinajstić information content (AvgIpc) is 3.44. The van der Waals surface area contributed by atoms with Crippen LogP contribution in [0.15, 0.2) is 23.1 Å². The van der Waals surface area contributed by atoms with Gasteiger partial charge in [0.25, 0.3) is 5.56 Å². The highest BCUT2D eigenvalue weighted by Gasteiger charge is 2.48. The number of aryl methyl sites for hydroxylation is 1. The molecule has 2 bridgehead atoms. The summed E-state index contributed by atoms with van der Waals surface area (Å²) in [5.41, 5.74) is 7.93. The lowest BCUT2D eigenvalue weighted by Crippen LogP contribution is -2.56. The number of anilines is 1. The molecule has 9 nitrogen and oxygen atoms in total. The van der Waals surface area contributed by atoms with Crippen molar-refractivity contribution >= 4 is 39.5 Å². The van der Waals surface area contributed by atoms with Crippen LogP contribution in [0.25, 0.3) is 33.2 Å². The molecule has 11 heteroatoms. The molecular weight excluding hydrogens is 435 g/mol. The number of piperidine rings is 1. The molecule has 6 rings (SSSR count). The van der Waals surface area contributed by atoms with Crippen molar-refractivity contribution in [2.45, 2.75) is 43.6 Å². The van der Waals surface area contributed by atoms with Gasteiger partial charge in [0.05, 0.1) is 22.3 Å². The Kier molecular flexibility index (Phi) is 4.16. The van der Waals surface area contributed by atoms with Gasteiger partial charge in [-0.2, -0.15) is 15.2 Å². The molecule has 4 aromatic rings. The number of hydrogen-bond donors (Lipinski definition) is 2. The van der Waals surface area contributed by atoms with Gasteiger partial charge in [0.15, 0.2) is 5.65 Å². The number of nitrogens with two attached hydrogens (primary N) is 1. The van der Waals surface area contributed by atoms with Gasteiger partial charge in [0.2, 0.25) is 5.95 Å². The molecule has 5 heterocycles. The minimum atomic E-state index is -1.15. The monoisotopic (exact) mass is 456 g/mol. The van der Waals surface area contributed by atoms with E-state index in [1.165, 1.54) is 4.57 Å². The Morgan fingerprint density at radius 1 is 1.28 bits per heavy atom. The second kappa shape index (κ2) is 6.76. The van der Waals surface area contributed by atoms with Gasteiger partial charge < -0.3 is 10.6 Å². The number of rotatable bonds is 2. The van der Waals surface area contributed by atoms with E-state index >= 15 is 0 Å². The standard InChI is InChI=1S/C21H22ClFN8O/c1-29-8-11-13(28-29)5-4-10(16(11)22)18-15-19(27-26-18)25-21(30(2)20(15)32)31-9-3-6-14(31)17(23)12(24)7-9/h4-5,8-9,12,14,17H,3,6-7,24H2,1-2H3,(H,26,27)/t9-,12+,14+,17-/m1/s1. The number of halogens is 2. The third kappa shape index (κ3) is 2.59. The summed E-state index contributed by atoms with van der Waals surface area (Å²) in [6.07, 6.45) is 2.75. The van der Waals surface area contributed by atoms with Crippen molar-refractivity contribution in [1.29, 1.82) is 0 Å². The summed E-state index contributed by atoms with van der Waals surface area (Å²) in [7, 11) is 3.49. The number of benzene rings is 1. The maximum Gasteiger partial charge on any atom is 0.266 e. The smallest absolute Gasteiger partial charge is 0.266 e. The highest BCUT2D eigenvalue weighted by Crippen LogP contribution is 2.40. The first kappa shape index (κ1) is 19.7. The molecule has 2 aliphatic rings. The van der Waals surface area contributed by atoms with Gasteiger partial charge in [-0.1, -0.05) is 11.6 Å². The number of aromatic nitrogens is 6. The molecule has 0 spiro atoms. The van der Waals surface area contributed by atoms with Crippen LogP contribution in [0, 0.1) is 0 Å². The Morgan fingerprint density at radius 3 is 2.91 bits per heavy atom. The lowest BCUT2D eigenvalue weighted by atomic mass is 9.96. The third-order valence-corrected chi connectivity index (χ3v) is 7.28. The summed E-state index contributed by atoms with van der Waals surface area (Å²) in [4.78, 5) is 20.1. The molecule has 4 atom stereocenters. The third-order valence-electron chi connectivity index (χ3n) is 6.88. The minimum Gasteiger partial charge on any atom is -0.333 e. The molecule has 2 saturated heterocycles. The minimum absolute atomic E-state index is 0.0680. The molecule has 3 N–H and O–H groups in total. The predicted molar refractivity (Wildman–Crippen MR) is 121 cm³/mol. The zero-order chi connectivity index (χ0) is 22.3. The van der Waals surface area contributed by atoms with Gasteiger partial charge in [-0.05, 0) is 31.4 Å². The molecule has 1 aromatic carbocycles. The average molecular weight is 457 g/mol. The topological polar surface area (TPSA) is 111 Å². The molecule has 2 fully saturated rings. The van der Waals surface area contributed by atoms with E-state index in [1.54, 1.807) is 11.7 Å². The Bertz CT molecular complexity index is 1440. The van der Waals surface area contributed by atoms with Crippen molar-refractivity contribution in [3.63, 3.8) is 0 Å². The van der Waals surface area contributed by atoms with Gasteiger partial charge in [0, 0.05) is 43.3 Å². The van der Waals surface area contributed by atoms with Gasteiger partial charge in [0.1, 0.15) is 11.6 Å². The lowest BCUT2D eigenvalue weighted by Gasteiger charge is -2.40. The van der Waals surface area contributed by atoms with Crippen LogP contribution < -0.4 is 16.2 Å². The molecule has 0 aliphatic carbocycles. The van der Waals surface area contributed by atoms with Crippen molar-refractivity contribution in [3.8, 4) is 11.3 Å². The van der Waals surface area contributed by atoms with Crippen LogP contribution in [0.2, 0.25) is 5.02 Å². The normalized spacial score (nSPS) is 25.3. The van der Waals surface area contributed by atoms with E-state index < -0.39 is 12.2 Å². The largest absolute Gasteiger partial charge is 0.333 e. The van der Waals surface area contributed by atoms with E-state index in [9.17, 15) is 9.18 Å². The predicted octanol–water partition coefficient (Wildman–Crippen LogP) is 2.27. The van der Waals surface area contributed by atoms with Crippen LogP contribution in [0.5, 0.6) is 0 Å². The fraction of sp³-hybridized carbons (Fsp3) is 0.429. The summed E-state index contributed by atoms with van der Waals surface area (Å²) in [5, 5.41) is 13.2. The van der Waals surface area contributed by atoms with Crippen molar-refractivity contribution in [3.05, 3.63) is 33.7 Å². The number of alkyl halides is 1. The van der Waals surface area contributed by atoms with Gasteiger partial charge in [-0.3, -0.25) is 19.1 Å². The summed E-state index contributed by atoms with van der Waals surface area (Å²) in [6.45, 7) is 0. The first-order valence-electron chi connectivity index (χ1n) is 10.6. The van der Waals surface area contributed by atoms with E-state index in [0.717, 1.165) is 17.3 Å². The molecular formula is C21H22ClFN8O. The number of aromatic amines is 1. The maximum absolute atomic E-state index is 14.8. The molecule has 0 unspecified atom stereocenters. The Hall–Kier alpha value is -2.98. The highest BCUT2D eigenvalue weighted by atomic mass is 35.5. The summed E-state index contributed by atoms with van der Waals surface area (Å²) in [5.74, 6) is 0.427. The van der Waals surface area contributed by atoms with E-state index in [4.69, 9.17) is 17.3 Å². The van der Waals surface area contributed by atoms with Crippen molar-refractivity contribution in [1.82, 2.24) is 29.5 Å². The van der Waals surface area contributed by atoms with Crippen molar-refractivity contribution < 1.29 is 4.39 Å². The second-order valence-electron chi connectivity index (χ2n) is 8.79. The highest BCUT2D eigenvalue weighted by molar-refractivity contribution is 6.38. The van der Waals surface area contributed by atoms with Crippen LogP contribution in [0.3, 0.4) is 0 Å². The number of nitrogens with zero attached hydrogens (tertiary/aromatic N) is 6. The van der Waals surface area contributed by atoms with Crippen LogP contribution in [-0.4, -0.2) is 53.8 Å². The summed E-state index contributed by atoms with van der Waals surface area (Å²) >= 11 is 6.68. The molecule has 32 heavy (non-hydrogen) atoms. The fourth-order valence-electron chi connectivity index (χ4n) is 5.34. The second-order valence-corrected chi connectivity index (χ2v) is 9.16. The van der Waals surface area contributed by atoms with Crippen LogP contribution in [0.4, 0.5) is 10.3 Å². The zero-order valence-electron chi connectivity index (χ0n) is 17.6. The van der Waals surface area contributed by atoms with Crippen LogP contribution >= 0.6 is 11.6 Å². The van der Waals surface area contributed by atoms with Gasteiger partial charge in [-0.25, -0.2) is 4.39 Å². The quantitative estimate of drug-likeness (QED) is 0.478. The van der Waals surface area contributed by atoms with Crippen LogP contribution in [0.1, 0.15) is 19.3 Å². The van der Waals surface area contributed by atoms with Gasteiger partial charge >= 0.3 is 0 Å². The first-order valence-corrected chi connectivity index (χ1v) is 11.0. The van der Waals surface area contributed by atoms with E-state index in [-0.39, 0.29) is 23.3 Å². The van der Waals surface area contributed by atoms with E-state index in [0.29, 0.717) is 40.5 Å². The molecule has 0 saturated carbocycles. The molecule has 0 radical (unpaired) electrons. The maximum atomic E-state index is 14.8. The number of nitrogens with one attached hydrogen (secondary N) is 1. The Labute approximate surface area is 187 Å². The van der Waals surface area contributed by atoms with Gasteiger partial charge in [-0.15, -0.1) is 0 Å². The fourth-order valence-corrected chi connectivity index (χ4v) is 5.64. The number of H-pyrrole nitrogens is 1. The van der Waals surface area contributed by atoms with Crippen LogP contribution in [-0.2, 0) is 14.1 Å². The van der Waals surface area contributed by atoms with Crippen molar-refractivity contribution in [2.24, 2.45) is 19.8 Å². The number of hydrogen-bond acceptors (Lipinski definition) is 6. The Morgan fingerprint density at radius 2 is 2.09 bits per heavy atom. The summed E-state index contributed by atoms with van der Waals surface area (Å²) in [6, 6.07) is 2.88. The molecule has 0 amide bonds. The van der Waals surface area contributed by atoms with E-state index in [2.05, 4.69) is 20.3 Å².